The molecule has 2 heteroatoms. The Kier molecular flexibility index (Phi) is 9.87. The number of esters is 1. The first-order valence-corrected chi connectivity index (χ1v) is 7.19. The fourth-order valence-electron chi connectivity index (χ4n) is 1.91. The molecule has 2 nitrogen and oxygen atoms in total. The quantitative estimate of drug-likeness (QED) is 0.361. The summed E-state index contributed by atoms with van der Waals surface area (Å²) in [6.45, 7) is 11.1. The second-order valence-electron chi connectivity index (χ2n) is 5.11. The maximum absolute atomic E-state index is 11.1. The van der Waals surface area contributed by atoms with Crippen LogP contribution in [-0.4, -0.2) is 12.6 Å². The van der Waals surface area contributed by atoms with Crippen molar-refractivity contribution in [3.05, 3.63) is 36.0 Å². The zero-order valence-corrected chi connectivity index (χ0v) is 13.0. The number of hydrogen-bond acceptors (Lipinski definition) is 2. The highest BCUT2D eigenvalue weighted by molar-refractivity contribution is 5.82. The van der Waals surface area contributed by atoms with Gasteiger partial charge in [-0.05, 0) is 32.1 Å². The minimum atomic E-state index is -0.293. The summed E-state index contributed by atoms with van der Waals surface area (Å²) in [6.07, 6.45) is 11.8. The molecule has 0 aliphatic carbocycles. The van der Waals surface area contributed by atoms with E-state index in [1.54, 1.807) is 13.0 Å². The Morgan fingerprint density at radius 2 is 1.79 bits per heavy atom. The summed E-state index contributed by atoms with van der Waals surface area (Å²) >= 11 is 0. The molecule has 0 heterocycles. The van der Waals surface area contributed by atoms with E-state index >= 15 is 0 Å². The topological polar surface area (TPSA) is 26.3 Å². The molecule has 0 rings (SSSR count). The molecule has 19 heavy (non-hydrogen) atoms. The zero-order valence-electron chi connectivity index (χ0n) is 13.0. The molecule has 0 fully saturated rings. The molecule has 0 bridgehead atoms. The third-order valence-corrected chi connectivity index (χ3v) is 3.01. The maximum atomic E-state index is 11.1. The first-order chi connectivity index (χ1) is 8.99. The summed E-state index contributed by atoms with van der Waals surface area (Å²) in [4.78, 5) is 11.1. The molecular weight excluding hydrogens is 236 g/mol. The van der Waals surface area contributed by atoms with Crippen LogP contribution in [0, 0.1) is 11.8 Å². The molecule has 0 aliphatic heterocycles. The number of carbonyl (C=O) groups excluding carboxylic acids is 1. The molecule has 0 amide bonds. The van der Waals surface area contributed by atoms with Gasteiger partial charge in [0.1, 0.15) is 0 Å². The van der Waals surface area contributed by atoms with Crippen LogP contribution in [0.5, 0.6) is 0 Å². The molecule has 0 aromatic carbocycles. The van der Waals surface area contributed by atoms with Crippen molar-refractivity contribution in [1.29, 1.82) is 0 Å². The van der Waals surface area contributed by atoms with Crippen LogP contribution < -0.4 is 0 Å². The summed E-state index contributed by atoms with van der Waals surface area (Å²) in [5.41, 5.74) is 1.23. The SMILES string of the molecule is CCOC(=O)/C=C/C=C/C(C)=C/[C@H](C)C[C@H](C)CC. The molecule has 0 N–H and O–H groups in total. The summed E-state index contributed by atoms with van der Waals surface area (Å²) in [5, 5.41) is 0. The predicted molar refractivity (Wildman–Crippen MR) is 81.9 cm³/mol. The van der Waals surface area contributed by atoms with Crippen molar-refractivity contribution < 1.29 is 9.53 Å². The van der Waals surface area contributed by atoms with Crippen molar-refractivity contribution in [3.63, 3.8) is 0 Å². The van der Waals surface area contributed by atoms with Crippen molar-refractivity contribution >= 4 is 5.97 Å². The minimum Gasteiger partial charge on any atom is -0.463 e. The fourth-order valence-corrected chi connectivity index (χ4v) is 1.91. The van der Waals surface area contributed by atoms with Gasteiger partial charge in [0.15, 0.2) is 0 Å². The van der Waals surface area contributed by atoms with E-state index in [9.17, 15) is 4.79 Å². The van der Waals surface area contributed by atoms with Gasteiger partial charge in [-0.2, -0.15) is 0 Å². The molecular formula is C17H28O2. The summed E-state index contributed by atoms with van der Waals surface area (Å²) < 4.78 is 4.80. The number of carbonyl (C=O) groups is 1. The third-order valence-electron chi connectivity index (χ3n) is 3.01. The molecule has 0 saturated heterocycles. The van der Waals surface area contributed by atoms with Gasteiger partial charge in [0.2, 0.25) is 0 Å². The smallest absolute Gasteiger partial charge is 0.330 e. The maximum Gasteiger partial charge on any atom is 0.330 e. The van der Waals surface area contributed by atoms with Gasteiger partial charge in [0.25, 0.3) is 0 Å². The number of allylic oxidation sites excluding steroid dienone is 5. The molecule has 2 atom stereocenters. The first kappa shape index (κ1) is 17.7. The molecule has 0 aromatic heterocycles. The van der Waals surface area contributed by atoms with E-state index < -0.39 is 0 Å². The summed E-state index contributed by atoms with van der Waals surface area (Å²) in [5.74, 6) is 1.07. The predicted octanol–water partition coefficient (Wildman–Crippen LogP) is 4.68. The Morgan fingerprint density at radius 3 is 2.37 bits per heavy atom. The lowest BCUT2D eigenvalue weighted by molar-refractivity contribution is -0.137. The van der Waals surface area contributed by atoms with E-state index in [0.717, 1.165) is 5.92 Å². The van der Waals surface area contributed by atoms with Crippen LogP contribution in [0.25, 0.3) is 0 Å². The molecule has 108 valence electrons. The number of rotatable bonds is 8. The van der Waals surface area contributed by atoms with Crippen molar-refractivity contribution in [3.8, 4) is 0 Å². The minimum absolute atomic E-state index is 0.293. The summed E-state index contributed by atoms with van der Waals surface area (Å²) in [6, 6.07) is 0. The first-order valence-electron chi connectivity index (χ1n) is 7.19. The Balaban J connectivity index is 4.20. The van der Waals surface area contributed by atoms with Gasteiger partial charge in [-0.15, -0.1) is 0 Å². The normalized spacial score (nSPS) is 15.9. The van der Waals surface area contributed by atoms with Gasteiger partial charge >= 0.3 is 5.97 Å². The van der Waals surface area contributed by atoms with Gasteiger partial charge in [0, 0.05) is 6.08 Å². The van der Waals surface area contributed by atoms with Crippen LogP contribution in [0.2, 0.25) is 0 Å². The molecule has 0 spiro atoms. The number of ether oxygens (including phenoxy) is 1. The molecule has 0 aliphatic rings. The summed E-state index contributed by atoms with van der Waals surface area (Å²) in [7, 11) is 0. The monoisotopic (exact) mass is 264 g/mol. The largest absolute Gasteiger partial charge is 0.463 e. The van der Waals surface area contributed by atoms with E-state index in [1.807, 2.05) is 12.2 Å². The lowest BCUT2D eigenvalue weighted by atomic mass is 9.94. The van der Waals surface area contributed by atoms with Gasteiger partial charge in [-0.1, -0.05) is 57.1 Å². The van der Waals surface area contributed by atoms with Gasteiger partial charge < -0.3 is 4.74 Å². The molecule has 0 radical (unpaired) electrons. The van der Waals surface area contributed by atoms with Crippen molar-refractivity contribution in [2.75, 3.05) is 6.61 Å². The highest BCUT2D eigenvalue weighted by Crippen LogP contribution is 2.17. The van der Waals surface area contributed by atoms with Gasteiger partial charge in [-0.3, -0.25) is 0 Å². The van der Waals surface area contributed by atoms with Crippen LogP contribution in [-0.2, 0) is 9.53 Å². The van der Waals surface area contributed by atoms with Crippen LogP contribution in [0.3, 0.4) is 0 Å². The Morgan fingerprint density at radius 1 is 1.16 bits per heavy atom. The van der Waals surface area contributed by atoms with Crippen molar-refractivity contribution in [1.82, 2.24) is 0 Å². The fraction of sp³-hybridized carbons (Fsp3) is 0.588. The van der Waals surface area contributed by atoms with E-state index in [0.29, 0.717) is 12.5 Å². The van der Waals surface area contributed by atoms with E-state index in [2.05, 4.69) is 33.8 Å². The van der Waals surface area contributed by atoms with Crippen molar-refractivity contribution in [2.24, 2.45) is 11.8 Å². The average Bonchev–Trinajstić information content (AvgIpc) is 2.34. The van der Waals surface area contributed by atoms with Crippen LogP contribution in [0.4, 0.5) is 0 Å². The molecule has 0 unspecified atom stereocenters. The molecule has 0 aromatic rings. The van der Waals surface area contributed by atoms with Crippen LogP contribution >= 0.6 is 0 Å². The lowest BCUT2D eigenvalue weighted by Gasteiger charge is -2.12. The Labute approximate surface area is 118 Å². The third kappa shape index (κ3) is 10.3. The van der Waals surface area contributed by atoms with Gasteiger partial charge in [-0.25, -0.2) is 4.79 Å². The van der Waals surface area contributed by atoms with E-state index in [1.165, 1.54) is 24.5 Å². The highest BCUT2D eigenvalue weighted by atomic mass is 16.5. The van der Waals surface area contributed by atoms with Crippen LogP contribution in [0.15, 0.2) is 36.0 Å². The van der Waals surface area contributed by atoms with E-state index in [4.69, 9.17) is 4.74 Å². The van der Waals surface area contributed by atoms with Crippen molar-refractivity contribution in [2.45, 2.75) is 47.5 Å². The second-order valence-corrected chi connectivity index (χ2v) is 5.11. The second kappa shape index (κ2) is 10.6. The van der Waals surface area contributed by atoms with Crippen LogP contribution in [0.1, 0.15) is 47.5 Å². The lowest BCUT2D eigenvalue weighted by Crippen LogP contribution is -1.99. The average molecular weight is 264 g/mol. The highest BCUT2D eigenvalue weighted by Gasteiger charge is 2.04. The van der Waals surface area contributed by atoms with E-state index in [-0.39, 0.29) is 5.97 Å². The molecule has 0 saturated carbocycles. The Hall–Kier alpha value is -1.31. The standard InChI is InChI=1S/C17H28O2/c1-6-14(3)12-16(5)13-15(4)10-8-9-11-17(18)19-7-2/h8-11,13-14,16H,6-7,12H2,1-5H3/b10-8+,11-9+,15-13+/t14-,16-/m1/s1. The Bertz CT molecular complexity index is 337. The van der Waals surface area contributed by atoms with Gasteiger partial charge in [0.05, 0.1) is 6.61 Å². The zero-order chi connectivity index (χ0) is 14.7. The number of hydrogen-bond donors (Lipinski definition) is 0.